The molecule has 1 aromatic heterocycles. The Hall–Kier alpha value is -1.92. The molecule has 0 radical (unpaired) electrons. The maximum Gasteiger partial charge on any atom is 0.319 e. The SMILES string of the molecule is CN1CCC[C@H]1CCNC(=O)Nc1ccc(-c2cscn2)cc1. The van der Waals surface area contributed by atoms with Gasteiger partial charge in [0.1, 0.15) is 0 Å². The molecule has 0 unspecified atom stereocenters. The van der Waals surface area contributed by atoms with E-state index in [1.54, 1.807) is 11.3 Å². The van der Waals surface area contributed by atoms with Crippen molar-refractivity contribution in [3.8, 4) is 11.3 Å². The van der Waals surface area contributed by atoms with E-state index in [-0.39, 0.29) is 6.03 Å². The van der Waals surface area contributed by atoms with E-state index in [1.807, 2.05) is 35.2 Å². The van der Waals surface area contributed by atoms with Crippen LogP contribution in [0.3, 0.4) is 0 Å². The molecular formula is C17H22N4OS. The van der Waals surface area contributed by atoms with Crippen molar-refractivity contribution in [3.63, 3.8) is 0 Å². The Labute approximate surface area is 140 Å². The molecule has 1 atom stereocenters. The summed E-state index contributed by atoms with van der Waals surface area (Å²) >= 11 is 1.57. The fraction of sp³-hybridized carbons (Fsp3) is 0.412. The van der Waals surface area contributed by atoms with Gasteiger partial charge in [-0.2, -0.15) is 0 Å². The van der Waals surface area contributed by atoms with Crippen molar-refractivity contribution in [2.75, 3.05) is 25.5 Å². The van der Waals surface area contributed by atoms with Crippen LogP contribution in [0.15, 0.2) is 35.2 Å². The quantitative estimate of drug-likeness (QED) is 0.883. The Bertz CT molecular complexity index is 627. The summed E-state index contributed by atoms with van der Waals surface area (Å²) in [6.45, 7) is 1.87. The Morgan fingerprint density at radius 1 is 1.39 bits per heavy atom. The zero-order chi connectivity index (χ0) is 16.1. The first kappa shape index (κ1) is 16.0. The van der Waals surface area contributed by atoms with E-state index >= 15 is 0 Å². The molecule has 0 bridgehead atoms. The van der Waals surface area contributed by atoms with Crippen LogP contribution in [0.4, 0.5) is 10.5 Å². The van der Waals surface area contributed by atoms with Gasteiger partial charge in [0.05, 0.1) is 11.2 Å². The molecule has 2 aromatic rings. The van der Waals surface area contributed by atoms with Gasteiger partial charge in [-0.25, -0.2) is 9.78 Å². The van der Waals surface area contributed by atoms with Crippen LogP contribution in [0.1, 0.15) is 19.3 Å². The minimum atomic E-state index is -0.146. The number of urea groups is 1. The number of anilines is 1. The summed E-state index contributed by atoms with van der Waals surface area (Å²) in [7, 11) is 2.15. The monoisotopic (exact) mass is 330 g/mol. The van der Waals surface area contributed by atoms with Gasteiger partial charge in [0.15, 0.2) is 0 Å². The number of likely N-dealkylation sites (tertiary alicyclic amines) is 1. The third-order valence-corrected chi connectivity index (χ3v) is 4.89. The van der Waals surface area contributed by atoms with E-state index in [9.17, 15) is 4.79 Å². The fourth-order valence-electron chi connectivity index (χ4n) is 2.95. The van der Waals surface area contributed by atoms with E-state index < -0.39 is 0 Å². The van der Waals surface area contributed by atoms with Gasteiger partial charge in [0.25, 0.3) is 0 Å². The second kappa shape index (κ2) is 7.57. The van der Waals surface area contributed by atoms with Crippen molar-refractivity contribution in [2.24, 2.45) is 0 Å². The third-order valence-electron chi connectivity index (χ3n) is 4.31. The summed E-state index contributed by atoms with van der Waals surface area (Å²) in [5.74, 6) is 0. The summed E-state index contributed by atoms with van der Waals surface area (Å²) in [6.07, 6.45) is 3.50. The highest BCUT2D eigenvalue weighted by Gasteiger charge is 2.20. The molecule has 6 heteroatoms. The molecule has 2 amide bonds. The van der Waals surface area contributed by atoms with Crippen LogP contribution in [0, 0.1) is 0 Å². The van der Waals surface area contributed by atoms with Crippen molar-refractivity contribution in [2.45, 2.75) is 25.3 Å². The molecule has 1 aliphatic rings. The number of rotatable bonds is 5. The number of hydrogen-bond acceptors (Lipinski definition) is 4. The summed E-state index contributed by atoms with van der Waals surface area (Å²) in [5.41, 5.74) is 4.63. The molecule has 0 saturated carbocycles. The largest absolute Gasteiger partial charge is 0.338 e. The van der Waals surface area contributed by atoms with Gasteiger partial charge >= 0.3 is 6.03 Å². The van der Waals surface area contributed by atoms with Crippen LogP contribution in [-0.2, 0) is 0 Å². The van der Waals surface area contributed by atoms with Crippen molar-refractivity contribution in [1.82, 2.24) is 15.2 Å². The number of nitrogens with one attached hydrogen (secondary N) is 2. The number of amides is 2. The van der Waals surface area contributed by atoms with Gasteiger partial charge in [-0.3, -0.25) is 0 Å². The zero-order valence-corrected chi connectivity index (χ0v) is 14.1. The van der Waals surface area contributed by atoms with Gasteiger partial charge < -0.3 is 15.5 Å². The van der Waals surface area contributed by atoms with Gasteiger partial charge in [0, 0.05) is 29.2 Å². The maximum atomic E-state index is 11.9. The molecule has 0 aliphatic carbocycles. The number of thiazole rings is 1. The summed E-state index contributed by atoms with van der Waals surface area (Å²) in [5, 5.41) is 7.81. The lowest BCUT2D eigenvalue weighted by Crippen LogP contribution is -2.34. The average Bonchev–Trinajstić information content (AvgIpc) is 3.20. The first-order valence-corrected chi connectivity index (χ1v) is 8.90. The van der Waals surface area contributed by atoms with Crippen LogP contribution in [0.25, 0.3) is 11.3 Å². The van der Waals surface area contributed by atoms with Crippen molar-refractivity contribution < 1.29 is 4.79 Å². The van der Waals surface area contributed by atoms with E-state index in [1.165, 1.54) is 19.4 Å². The van der Waals surface area contributed by atoms with Crippen molar-refractivity contribution >= 4 is 23.1 Å². The molecule has 0 spiro atoms. The lowest BCUT2D eigenvalue weighted by molar-refractivity contribution is 0.248. The average molecular weight is 330 g/mol. The van der Waals surface area contributed by atoms with Crippen molar-refractivity contribution in [3.05, 3.63) is 35.2 Å². The van der Waals surface area contributed by atoms with E-state index in [0.29, 0.717) is 12.6 Å². The Balaban J connectivity index is 1.44. The van der Waals surface area contributed by atoms with Gasteiger partial charge in [-0.15, -0.1) is 11.3 Å². The Kier molecular flexibility index (Phi) is 5.25. The number of nitrogens with zero attached hydrogens (tertiary/aromatic N) is 2. The van der Waals surface area contributed by atoms with Crippen LogP contribution in [-0.4, -0.2) is 42.1 Å². The van der Waals surface area contributed by atoms with Crippen LogP contribution < -0.4 is 10.6 Å². The lowest BCUT2D eigenvalue weighted by Gasteiger charge is -2.19. The highest BCUT2D eigenvalue weighted by atomic mass is 32.1. The molecule has 1 saturated heterocycles. The molecule has 1 aromatic carbocycles. The second-order valence-corrected chi connectivity index (χ2v) is 6.62. The number of hydrogen-bond donors (Lipinski definition) is 2. The number of carbonyl (C=O) groups excluding carboxylic acids is 1. The molecule has 2 N–H and O–H groups in total. The molecular weight excluding hydrogens is 308 g/mol. The summed E-state index contributed by atoms with van der Waals surface area (Å²) < 4.78 is 0. The highest BCUT2D eigenvalue weighted by Crippen LogP contribution is 2.21. The Morgan fingerprint density at radius 3 is 2.87 bits per heavy atom. The summed E-state index contributed by atoms with van der Waals surface area (Å²) in [6, 6.07) is 8.20. The van der Waals surface area contributed by atoms with Gasteiger partial charge in [0.2, 0.25) is 0 Å². The predicted octanol–water partition coefficient (Wildman–Crippen LogP) is 3.42. The molecule has 122 valence electrons. The van der Waals surface area contributed by atoms with Crippen LogP contribution in [0.2, 0.25) is 0 Å². The normalized spacial score (nSPS) is 18.0. The molecule has 3 rings (SSSR count). The zero-order valence-electron chi connectivity index (χ0n) is 13.3. The Morgan fingerprint density at radius 2 is 2.22 bits per heavy atom. The first-order chi connectivity index (χ1) is 11.2. The van der Waals surface area contributed by atoms with Gasteiger partial charge in [-0.05, 0) is 45.0 Å². The maximum absolute atomic E-state index is 11.9. The first-order valence-electron chi connectivity index (χ1n) is 7.96. The van der Waals surface area contributed by atoms with Crippen LogP contribution >= 0.6 is 11.3 Å². The smallest absolute Gasteiger partial charge is 0.319 e. The number of carbonyl (C=O) groups is 1. The topological polar surface area (TPSA) is 57.3 Å². The molecule has 1 fully saturated rings. The lowest BCUT2D eigenvalue weighted by atomic mass is 10.1. The van der Waals surface area contributed by atoms with E-state index in [0.717, 1.165) is 23.4 Å². The minimum absolute atomic E-state index is 0.146. The fourth-order valence-corrected chi connectivity index (χ4v) is 3.51. The van der Waals surface area contributed by atoms with E-state index in [4.69, 9.17) is 0 Å². The van der Waals surface area contributed by atoms with E-state index in [2.05, 4.69) is 27.6 Å². The summed E-state index contributed by atoms with van der Waals surface area (Å²) in [4.78, 5) is 18.6. The highest BCUT2D eigenvalue weighted by molar-refractivity contribution is 7.07. The van der Waals surface area contributed by atoms with Gasteiger partial charge in [-0.1, -0.05) is 12.1 Å². The number of benzene rings is 1. The molecule has 23 heavy (non-hydrogen) atoms. The molecule has 1 aliphatic heterocycles. The molecule has 2 heterocycles. The molecule has 5 nitrogen and oxygen atoms in total. The standard InChI is InChI=1S/C17H22N4OS/c1-21-10-2-3-15(21)8-9-18-17(22)20-14-6-4-13(5-7-14)16-11-23-12-19-16/h4-7,11-12,15H,2-3,8-10H2,1H3,(H2,18,20,22)/t15-/m0/s1. The third kappa shape index (κ3) is 4.30. The number of aromatic nitrogens is 1. The second-order valence-electron chi connectivity index (χ2n) is 5.90. The van der Waals surface area contributed by atoms with Crippen molar-refractivity contribution in [1.29, 1.82) is 0 Å². The minimum Gasteiger partial charge on any atom is -0.338 e. The predicted molar refractivity (Wildman–Crippen MR) is 94.8 cm³/mol. The van der Waals surface area contributed by atoms with Crippen LogP contribution in [0.5, 0.6) is 0 Å².